The number of carbonyl (C=O) groups excluding carboxylic acids is 1. The second-order valence-corrected chi connectivity index (χ2v) is 5.06. The normalized spacial score (nSPS) is 18.1. The second kappa shape index (κ2) is 6.92. The van der Waals surface area contributed by atoms with Gasteiger partial charge in [0, 0.05) is 24.8 Å². The molecule has 1 saturated heterocycles. The number of rotatable bonds is 1. The molecule has 1 unspecified atom stereocenters. The van der Waals surface area contributed by atoms with Gasteiger partial charge in [-0.15, -0.1) is 0 Å². The minimum atomic E-state index is -0.0898. The number of piperidine rings is 1. The molecule has 5 heteroatoms. The summed E-state index contributed by atoms with van der Waals surface area (Å²) in [5, 5.41) is 2.83. The van der Waals surface area contributed by atoms with E-state index in [9.17, 15) is 4.79 Å². The molecule has 5 nitrogen and oxygen atoms in total. The van der Waals surface area contributed by atoms with E-state index in [2.05, 4.69) is 29.1 Å². The Morgan fingerprint density at radius 2 is 2.50 bits per heavy atom. The SMILES string of the molecule is CC1CCCN(C(=O)Nc2cc(C#CCN)ccn2)C1. The molecule has 1 fully saturated rings. The van der Waals surface area contributed by atoms with Gasteiger partial charge in [-0.3, -0.25) is 5.32 Å². The Bertz CT molecular complexity index is 532. The molecule has 1 aliphatic rings. The second-order valence-electron chi connectivity index (χ2n) is 5.06. The molecule has 106 valence electrons. The molecule has 1 aromatic heterocycles. The topological polar surface area (TPSA) is 71.2 Å². The van der Waals surface area contributed by atoms with Crippen LogP contribution in [0.1, 0.15) is 25.3 Å². The van der Waals surface area contributed by atoms with E-state index in [1.807, 2.05) is 4.90 Å². The number of amides is 2. The molecule has 1 atom stereocenters. The molecule has 0 aliphatic carbocycles. The zero-order valence-corrected chi connectivity index (χ0v) is 11.7. The highest BCUT2D eigenvalue weighted by Crippen LogP contribution is 2.16. The highest BCUT2D eigenvalue weighted by atomic mass is 16.2. The standard InChI is InChI=1S/C15H20N4O/c1-12-4-3-9-19(11-12)15(20)18-14-10-13(5-2-7-16)6-8-17-14/h6,8,10,12H,3-4,7,9,11,16H2,1H3,(H,17,18,20). The number of anilines is 1. The van der Waals surface area contributed by atoms with Gasteiger partial charge in [0.15, 0.2) is 0 Å². The molecule has 0 spiro atoms. The van der Waals surface area contributed by atoms with Gasteiger partial charge < -0.3 is 10.6 Å². The molecule has 1 aliphatic heterocycles. The summed E-state index contributed by atoms with van der Waals surface area (Å²) in [5.74, 6) is 6.79. The van der Waals surface area contributed by atoms with Crippen LogP contribution >= 0.6 is 0 Å². The van der Waals surface area contributed by atoms with Crippen LogP contribution in [-0.4, -0.2) is 35.5 Å². The summed E-state index contributed by atoms with van der Waals surface area (Å²) in [6, 6.07) is 3.46. The van der Waals surface area contributed by atoms with E-state index in [0.717, 1.165) is 25.1 Å². The van der Waals surface area contributed by atoms with Crippen LogP contribution in [-0.2, 0) is 0 Å². The van der Waals surface area contributed by atoms with Crippen molar-refractivity contribution in [3.8, 4) is 11.8 Å². The van der Waals surface area contributed by atoms with Crippen molar-refractivity contribution in [2.24, 2.45) is 11.7 Å². The first-order chi connectivity index (χ1) is 9.69. The molecule has 0 radical (unpaired) electrons. The van der Waals surface area contributed by atoms with Crippen LogP contribution in [0.15, 0.2) is 18.3 Å². The zero-order valence-electron chi connectivity index (χ0n) is 11.7. The maximum atomic E-state index is 12.2. The third kappa shape index (κ3) is 3.97. The third-order valence-electron chi connectivity index (χ3n) is 3.27. The van der Waals surface area contributed by atoms with E-state index in [-0.39, 0.29) is 6.03 Å². The van der Waals surface area contributed by atoms with E-state index < -0.39 is 0 Å². The van der Waals surface area contributed by atoms with Crippen LogP contribution in [0.3, 0.4) is 0 Å². The lowest BCUT2D eigenvalue weighted by Gasteiger charge is -2.30. The third-order valence-corrected chi connectivity index (χ3v) is 3.27. The molecule has 2 amide bonds. The summed E-state index contributed by atoms with van der Waals surface area (Å²) >= 11 is 0. The molecule has 2 rings (SSSR count). The first kappa shape index (κ1) is 14.4. The monoisotopic (exact) mass is 272 g/mol. The number of hydrogen-bond acceptors (Lipinski definition) is 3. The highest BCUT2D eigenvalue weighted by molar-refractivity contribution is 5.88. The lowest BCUT2D eigenvalue weighted by Crippen LogP contribution is -2.41. The highest BCUT2D eigenvalue weighted by Gasteiger charge is 2.20. The van der Waals surface area contributed by atoms with Gasteiger partial charge in [-0.25, -0.2) is 9.78 Å². The largest absolute Gasteiger partial charge is 0.324 e. The van der Waals surface area contributed by atoms with E-state index >= 15 is 0 Å². The predicted molar refractivity (Wildman–Crippen MR) is 79.2 cm³/mol. The number of nitrogens with two attached hydrogens (primary N) is 1. The molecule has 3 N–H and O–H groups in total. The summed E-state index contributed by atoms with van der Waals surface area (Å²) in [7, 11) is 0. The van der Waals surface area contributed by atoms with Gasteiger partial charge in [0.2, 0.25) is 0 Å². The van der Waals surface area contributed by atoms with Gasteiger partial charge in [0.1, 0.15) is 5.82 Å². The van der Waals surface area contributed by atoms with Crippen LogP contribution in [0.25, 0.3) is 0 Å². The zero-order chi connectivity index (χ0) is 14.4. The molecule has 0 aromatic carbocycles. The minimum absolute atomic E-state index is 0.0898. The van der Waals surface area contributed by atoms with Crippen molar-refractivity contribution in [1.29, 1.82) is 0 Å². The van der Waals surface area contributed by atoms with Crippen LogP contribution in [0, 0.1) is 17.8 Å². The molecule has 2 heterocycles. The number of likely N-dealkylation sites (tertiary alicyclic amines) is 1. The Morgan fingerprint density at radius 3 is 3.25 bits per heavy atom. The molecular weight excluding hydrogens is 252 g/mol. The van der Waals surface area contributed by atoms with E-state index in [1.165, 1.54) is 6.42 Å². The molecule has 20 heavy (non-hydrogen) atoms. The van der Waals surface area contributed by atoms with Crippen molar-refractivity contribution in [3.63, 3.8) is 0 Å². The average Bonchev–Trinajstić information content (AvgIpc) is 2.45. The fourth-order valence-corrected chi connectivity index (χ4v) is 2.29. The Morgan fingerprint density at radius 1 is 1.65 bits per heavy atom. The van der Waals surface area contributed by atoms with E-state index in [0.29, 0.717) is 18.3 Å². The van der Waals surface area contributed by atoms with Crippen molar-refractivity contribution < 1.29 is 4.79 Å². The average molecular weight is 272 g/mol. The van der Waals surface area contributed by atoms with Crippen molar-refractivity contribution in [2.45, 2.75) is 19.8 Å². The van der Waals surface area contributed by atoms with Gasteiger partial charge >= 0.3 is 6.03 Å². The van der Waals surface area contributed by atoms with Crippen molar-refractivity contribution in [1.82, 2.24) is 9.88 Å². The Kier molecular flexibility index (Phi) is 4.97. The number of nitrogens with zero attached hydrogens (tertiary/aromatic N) is 2. The van der Waals surface area contributed by atoms with Crippen molar-refractivity contribution >= 4 is 11.8 Å². The smallest absolute Gasteiger partial charge is 0.323 e. The lowest BCUT2D eigenvalue weighted by atomic mass is 10.0. The van der Waals surface area contributed by atoms with Crippen LogP contribution in [0.4, 0.5) is 10.6 Å². The number of hydrogen-bond donors (Lipinski definition) is 2. The number of carbonyl (C=O) groups is 1. The van der Waals surface area contributed by atoms with Crippen molar-refractivity contribution in [3.05, 3.63) is 23.9 Å². The number of aromatic nitrogens is 1. The number of pyridine rings is 1. The van der Waals surface area contributed by atoms with Gasteiger partial charge in [0.25, 0.3) is 0 Å². The Hall–Kier alpha value is -2.06. The Labute approximate surface area is 119 Å². The fourth-order valence-electron chi connectivity index (χ4n) is 2.29. The lowest BCUT2D eigenvalue weighted by molar-refractivity contribution is 0.182. The first-order valence-corrected chi connectivity index (χ1v) is 6.90. The van der Waals surface area contributed by atoms with Crippen molar-refractivity contribution in [2.75, 3.05) is 25.0 Å². The number of nitrogens with one attached hydrogen (secondary N) is 1. The maximum Gasteiger partial charge on any atom is 0.323 e. The first-order valence-electron chi connectivity index (χ1n) is 6.90. The summed E-state index contributed by atoms with van der Waals surface area (Å²) < 4.78 is 0. The van der Waals surface area contributed by atoms with E-state index in [4.69, 9.17) is 5.73 Å². The van der Waals surface area contributed by atoms with E-state index in [1.54, 1.807) is 18.3 Å². The quantitative estimate of drug-likeness (QED) is 0.764. The number of urea groups is 1. The summed E-state index contributed by atoms with van der Waals surface area (Å²) in [5.41, 5.74) is 6.14. The summed E-state index contributed by atoms with van der Waals surface area (Å²) in [6.45, 7) is 4.09. The summed E-state index contributed by atoms with van der Waals surface area (Å²) in [4.78, 5) is 18.1. The van der Waals surface area contributed by atoms with Crippen LogP contribution < -0.4 is 11.1 Å². The van der Waals surface area contributed by atoms with Gasteiger partial charge in [-0.1, -0.05) is 18.8 Å². The van der Waals surface area contributed by atoms with Crippen LogP contribution in [0.2, 0.25) is 0 Å². The van der Waals surface area contributed by atoms with Gasteiger partial charge in [-0.2, -0.15) is 0 Å². The van der Waals surface area contributed by atoms with Gasteiger partial charge in [0.05, 0.1) is 6.54 Å². The van der Waals surface area contributed by atoms with Gasteiger partial charge in [-0.05, 0) is 30.9 Å². The fraction of sp³-hybridized carbons (Fsp3) is 0.467. The molecule has 1 aromatic rings. The molecule has 0 bridgehead atoms. The maximum absolute atomic E-state index is 12.2. The summed E-state index contributed by atoms with van der Waals surface area (Å²) in [6.07, 6.45) is 3.88. The Balaban J connectivity index is 2.00. The molecular formula is C15H20N4O. The van der Waals surface area contributed by atoms with Crippen LogP contribution in [0.5, 0.6) is 0 Å². The molecule has 0 saturated carbocycles. The minimum Gasteiger partial charge on any atom is -0.324 e. The predicted octanol–water partition coefficient (Wildman–Crippen LogP) is 1.66.